The average molecular weight is 415 g/mol. The number of rotatable bonds is 7. The number of aliphatic hydroxyl groups excluding tert-OH is 1. The molecular formula is C23H34N4O3. The van der Waals surface area contributed by atoms with Crippen LogP contribution in [-0.2, 0) is 4.79 Å². The van der Waals surface area contributed by atoms with Crippen molar-refractivity contribution >= 4 is 23.8 Å². The number of hydrogen-bond acceptors (Lipinski definition) is 5. The summed E-state index contributed by atoms with van der Waals surface area (Å²) < 4.78 is 0. The van der Waals surface area contributed by atoms with Crippen LogP contribution in [0.25, 0.3) is 0 Å². The first-order valence-electron chi connectivity index (χ1n) is 11.0. The molecule has 0 bridgehead atoms. The van der Waals surface area contributed by atoms with Crippen LogP contribution in [0.2, 0.25) is 0 Å². The average Bonchev–Trinajstić information content (AvgIpc) is 3.14. The predicted molar refractivity (Wildman–Crippen MR) is 117 cm³/mol. The number of aromatic nitrogens is 1. The lowest BCUT2D eigenvalue weighted by molar-refractivity contribution is -0.129. The van der Waals surface area contributed by atoms with Crippen molar-refractivity contribution in [3.8, 4) is 0 Å². The van der Waals surface area contributed by atoms with E-state index in [0.29, 0.717) is 30.3 Å². The number of aliphatic hydroxyl groups is 1. The molecule has 7 heteroatoms. The minimum atomic E-state index is -0.409. The largest absolute Gasteiger partial charge is 0.394 e. The smallest absolute Gasteiger partial charge is 0.255 e. The second-order valence-corrected chi connectivity index (χ2v) is 9.45. The Bertz CT molecular complexity index is 766. The van der Waals surface area contributed by atoms with E-state index in [-0.39, 0.29) is 30.5 Å². The first kappa shape index (κ1) is 22.4. The Morgan fingerprint density at radius 3 is 2.63 bits per heavy atom. The summed E-state index contributed by atoms with van der Waals surface area (Å²) in [5.41, 5.74) is 0.104. The molecule has 2 amide bonds. The van der Waals surface area contributed by atoms with E-state index in [1.54, 1.807) is 23.2 Å². The molecule has 1 aliphatic heterocycles. The Labute approximate surface area is 179 Å². The van der Waals surface area contributed by atoms with Crippen LogP contribution in [0.15, 0.2) is 23.3 Å². The molecule has 2 fully saturated rings. The van der Waals surface area contributed by atoms with Crippen molar-refractivity contribution in [1.29, 1.82) is 0 Å². The monoisotopic (exact) mass is 414 g/mol. The van der Waals surface area contributed by atoms with Gasteiger partial charge in [-0.2, -0.15) is 0 Å². The SMILES string of the molecule is CC(C)(C)C(=O)NC(CC=Nc1ccc(C(=O)N2CCCC2CO)cn1)C1CCC1. The maximum absolute atomic E-state index is 12.6. The fourth-order valence-electron chi connectivity index (χ4n) is 3.90. The molecule has 0 radical (unpaired) electrons. The molecular weight excluding hydrogens is 380 g/mol. The van der Waals surface area contributed by atoms with Crippen LogP contribution in [0.3, 0.4) is 0 Å². The minimum absolute atomic E-state index is 0.00451. The van der Waals surface area contributed by atoms with Crippen molar-refractivity contribution in [2.45, 2.75) is 71.4 Å². The van der Waals surface area contributed by atoms with Gasteiger partial charge in [-0.25, -0.2) is 9.98 Å². The molecule has 1 aliphatic carbocycles. The number of likely N-dealkylation sites (tertiary alicyclic amines) is 1. The van der Waals surface area contributed by atoms with Crippen molar-refractivity contribution < 1.29 is 14.7 Å². The zero-order chi connectivity index (χ0) is 21.7. The second kappa shape index (κ2) is 9.69. The molecule has 3 rings (SSSR count). The number of pyridine rings is 1. The van der Waals surface area contributed by atoms with Crippen molar-refractivity contribution in [3.05, 3.63) is 23.9 Å². The summed E-state index contributed by atoms with van der Waals surface area (Å²) >= 11 is 0. The summed E-state index contributed by atoms with van der Waals surface area (Å²) in [7, 11) is 0. The lowest BCUT2D eigenvalue weighted by atomic mass is 9.78. The van der Waals surface area contributed by atoms with Crippen LogP contribution < -0.4 is 5.32 Å². The van der Waals surface area contributed by atoms with Gasteiger partial charge in [-0.15, -0.1) is 0 Å². The Balaban J connectivity index is 1.58. The Morgan fingerprint density at radius 2 is 2.07 bits per heavy atom. The van der Waals surface area contributed by atoms with E-state index in [2.05, 4.69) is 15.3 Å². The van der Waals surface area contributed by atoms with Crippen LogP contribution >= 0.6 is 0 Å². The molecule has 1 saturated heterocycles. The molecule has 0 aromatic carbocycles. The van der Waals surface area contributed by atoms with E-state index in [0.717, 1.165) is 25.7 Å². The van der Waals surface area contributed by atoms with Crippen LogP contribution in [0, 0.1) is 11.3 Å². The number of carbonyl (C=O) groups is 2. The quantitative estimate of drug-likeness (QED) is 0.670. The molecule has 1 saturated carbocycles. The first-order valence-corrected chi connectivity index (χ1v) is 11.0. The van der Waals surface area contributed by atoms with Crippen molar-refractivity contribution in [3.63, 3.8) is 0 Å². The van der Waals surface area contributed by atoms with Gasteiger partial charge in [0.05, 0.1) is 18.2 Å². The van der Waals surface area contributed by atoms with Gasteiger partial charge in [-0.1, -0.05) is 27.2 Å². The van der Waals surface area contributed by atoms with Gasteiger partial charge >= 0.3 is 0 Å². The summed E-state index contributed by atoms with van der Waals surface area (Å²) in [5, 5.41) is 12.6. The highest BCUT2D eigenvalue weighted by Gasteiger charge is 2.31. The summed E-state index contributed by atoms with van der Waals surface area (Å²) in [4.78, 5) is 35.5. The van der Waals surface area contributed by atoms with E-state index in [1.165, 1.54) is 6.42 Å². The van der Waals surface area contributed by atoms with Crippen molar-refractivity contribution in [1.82, 2.24) is 15.2 Å². The van der Waals surface area contributed by atoms with E-state index in [1.807, 2.05) is 27.0 Å². The van der Waals surface area contributed by atoms with Gasteiger partial charge in [0, 0.05) is 36.8 Å². The van der Waals surface area contributed by atoms with Crippen LogP contribution in [0.4, 0.5) is 5.82 Å². The van der Waals surface area contributed by atoms with Gasteiger partial charge < -0.3 is 15.3 Å². The Kier molecular flexibility index (Phi) is 7.23. The molecule has 30 heavy (non-hydrogen) atoms. The molecule has 164 valence electrons. The minimum Gasteiger partial charge on any atom is -0.394 e. The lowest BCUT2D eigenvalue weighted by Gasteiger charge is -2.35. The van der Waals surface area contributed by atoms with Crippen molar-refractivity contribution in [2.24, 2.45) is 16.3 Å². The molecule has 1 aromatic rings. The molecule has 2 heterocycles. The van der Waals surface area contributed by atoms with Gasteiger partial charge in [-0.3, -0.25) is 9.59 Å². The van der Waals surface area contributed by atoms with Crippen LogP contribution in [0.1, 0.15) is 69.7 Å². The number of aliphatic imine (C=N–C) groups is 1. The second-order valence-electron chi connectivity index (χ2n) is 9.45. The third-order valence-corrected chi connectivity index (χ3v) is 6.14. The van der Waals surface area contributed by atoms with Gasteiger partial charge in [0.2, 0.25) is 5.91 Å². The number of nitrogens with one attached hydrogen (secondary N) is 1. The van der Waals surface area contributed by atoms with Gasteiger partial charge in [0.25, 0.3) is 5.91 Å². The third kappa shape index (κ3) is 5.45. The van der Waals surface area contributed by atoms with E-state index < -0.39 is 5.41 Å². The number of amides is 2. The highest BCUT2D eigenvalue weighted by Crippen LogP contribution is 2.31. The normalized spacial score (nSPS) is 20.9. The molecule has 0 spiro atoms. The van der Waals surface area contributed by atoms with E-state index >= 15 is 0 Å². The van der Waals surface area contributed by atoms with Crippen molar-refractivity contribution in [2.75, 3.05) is 13.2 Å². The Morgan fingerprint density at radius 1 is 1.30 bits per heavy atom. The summed E-state index contributed by atoms with van der Waals surface area (Å²) in [6, 6.07) is 3.47. The molecule has 2 aliphatic rings. The van der Waals surface area contributed by atoms with E-state index in [4.69, 9.17) is 0 Å². The number of carbonyl (C=O) groups excluding carboxylic acids is 2. The highest BCUT2D eigenvalue weighted by molar-refractivity contribution is 5.94. The van der Waals surface area contributed by atoms with Gasteiger partial charge in [-0.05, 0) is 43.7 Å². The topological polar surface area (TPSA) is 94.9 Å². The first-order chi connectivity index (χ1) is 14.3. The van der Waals surface area contributed by atoms with E-state index in [9.17, 15) is 14.7 Å². The lowest BCUT2D eigenvalue weighted by Crippen LogP contribution is -2.47. The maximum Gasteiger partial charge on any atom is 0.255 e. The Hall–Kier alpha value is -2.28. The summed E-state index contributed by atoms with van der Waals surface area (Å²) in [6.45, 7) is 6.44. The maximum atomic E-state index is 12.6. The van der Waals surface area contributed by atoms with Crippen LogP contribution in [-0.4, -0.2) is 58.3 Å². The zero-order valence-electron chi connectivity index (χ0n) is 18.3. The molecule has 1 aromatic heterocycles. The fraction of sp³-hybridized carbons (Fsp3) is 0.652. The predicted octanol–water partition coefficient (Wildman–Crippen LogP) is 3.10. The fourth-order valence-corrected chi connectivity index (χ4v) is 3.90. The van der Waals surface area contributed by atoms with Crippen LogP contribution in [0.5, 0.6) is 0 Å². The molecule has 2 N–H and O–H groups in total. The standard InChI is InChI=1S/C23H34N4O3/c1-23(2,3)22(30)26-19(16-6-4-7-16)11-12-24-20-10-9-17(14-25-20)21(29)27-13-5-8-18(27)15-28/h9-10,12,14,16,18-19,28H,4-8,11,13,15H2,1-3H3,(H,26,30). The highest BCUT2D eigenvalue weighted by atomic mass is 16.3. The molecule has 2 unspecified atom stereocenters. The van der Waals surface area contributed by atoms with Gasteiger partial charge in [0.1, 0.15) is 0 Å². The van der Waals surface area contributed by atoms with Gasteiger partial charge in [0.15, 0.2) is 5.82 Å². The molecule has 7 nitrogen and oxygen atoms in total. The molecule has 2 atom stereocenters. The number of nitrogens with zero attached hydrogens (tertiary/aromatic N) is 3. The summed E-state index contributed by atoms with van der Waals surface area (Å²) in [5.74, 6) is 1.03. The number of hydrogen-bond donors (Lipinski definition) is 2. The third-order valence-electron chi connectivity index (χ3n) is 6.14. The zero-order valence-corrected chi connectivity index (χ0v) is 18.3. The summed E-state index contributed by atoms with van der Waals surface area (Å²) in [6.07, 6.45) is 9.29.